The number of carbonyl (C=O) groups excluding carboxylic acids is 1. The number of hydrogen-bond donors (Lipinski definition) is 1. The molecule has 1 fully saturated rings. The fourth-order valence-corrected chi connectivity index (χ4v) is 2.97. The molecule has 5 nitrogen and oxygen atoms in total. The van der Waals surface area contributed by atoms with E-state index in [9.17, 15) is 4.79 Å². The Morgan fingerprint density at radius 2 is 1.95 bits per heavy atom. The predicted octanol–water partition coefficient (Wildman–Crippen LogP) is 2.31. The minimum Gasteiger partial charge on any atom is -0.382 e. The predicted molar refractivity (Wildman–Crippen MR) is 86.2 cm³/mol. The third-order valence-electron chi connectivity index (χ3n) is 4.36. The molecule has 0 bridgehead atoms. The second-order valence-electron chi connectivity index (χ2n) is 6.07. The van der Waals surface area contributed by atoms with E-state index in [4.69, 9.17) is 5.73 Å². The third kappa shape index (κ3) is 2.98. The number of likely N-dealkylation sites (tertiary alicyclic amines) is 1. The largest absolute Gasteiger partial charge is 0.382 e. The highest BCUT2D eigenvalue weighted by Gasteiger charge is 2.29. The first-order valence-electron chi connectivity index (χ1n) is 7.78. The Kier molecular flexibility index (Phi) is 4.13. The maximum atomic E-state index is 13.1. The fraction of sp³-hybridized carbons (Fsp3) is 0.412. The monoisotopic (exact) mass is 298 g/mol. The molecule has 116 valence electrons. The minimum absolute atomic E-state index is 0.121. The van der Waals surface area contributed by atoms with Crippen LogP contribution in [0.2, 0.25) is 0 Å². The third-order valence-corrected chi connectivity index (χ3v) is 4.36. The van der Waals surface area contributed by atoms with Gasteiger partial charge in [-0.3, -0.25) is 4.79 Å². The van der Waals surface area contributed by atoms with Gasteiger partial charge < -0.3 is 15.2 Å². The highest BCUT2D eigenvalue weighted by Crippen LogP contribution is 2.25. The van der Waals surface area contributed by atoms with Crippen molar-refractivity contribution in [2.45, 2.75) is 25.8 Å². The number of anilines is 1. The van der Waals surface area contributed by atoms with Gasteiger partial charge in [-0.25, -0.2) is 4.98 Å². The van der Waals surface area contributed by atoms with E-state index in [0.717, 1.165) is 31.5 Å². The zero-order valence-electron chi connectivity index (χ0n) is 12.9. The Balaban J connectivity index is 1.90. The average molecular weight is 298 g/mol. The van der Waals surface area contributed by atoms with Gasteiger partial charge in [0.15, 0.2) is 0 Å². The number of aromatic nitrogens is 2. The lowest BCUT2D eigenvalue weighted by Gasteiger charge is -2.33. The Bertz CT molecular complexity index is 629. The lowest BCUT2D eigenvalue weighted by Crippen LogP contribution is -2.42. The van der Waals surface area contributed by atoms with E-state index in [-0.39, 0.29) is 11.9 Å². The standard InChI is InChI=1S/C17H22N4O/c1-13-7-9-20(10-8-13)17(22)16(14-5-3-2-4-6-14)21-11-15(18)19-12-21/h2-6,11-13,16H,7-10,18H2,1H3. The molecular weight excluding hydrogens is 276 g/mol. The van der Waals surface area contributed by atoms with Crippen LogP contribution in [0.5, 0.6) is 0 Å². The Morgan fingerprint density at radius 3 is 2.55 bits per heavy atom. The first-order valence-corrected chi connectivity index (χ1v) is 7.78. The van der Waals surface area contributed by atoms with Crippen LogP contribution >= 0.6 is 0 Å². The highest BCUT2D eigenvalue weighted by atomic mass is 16.2. The maximum absolute atomic E-state index is 13.1. The summed E-state index contributed by atoms with van der Waals surface area (Å²) in [5.74, 6) is 1.25. The number of hydrogen-bond acceptors (Lipinski definition) is 3. The van der Waals surface area contributed by atoms with Crippen LogP contribution in [0.25, 0.3) is 0 Å². The number of piperidine rings is 1. The zero-order valence-corrected chi connectivity index (χ0v) is 12.9. The summed E-state index contributed by atoms with van der Waals surface area (Å²) in [7, 11) is 0. The van der Waals surface area contributed by atoms with E-state index in [1.54, 1.807) is 12.5 Å². The second-order valence-corrected chi connectivity index (χ2v) is 6.07. The van der Waals surface area contributed by atoms with Crippen molar-refractivity contribution >= 4 is 11.7 Å². The Morgan fingerprint density at radius 1 is 1.27 bits per heavy atom. The molecule has 1 aromatic heterocycles. The second kappa shape index (κ2) is 6.22. The van der Waals surface area contributed by atoms with Crippen LogP contribution in [0, 0.1) is 5.92 Å². The van der Waals surface area contributed by atoms with Crippen LogP contribution in [-0.2, 0) is 4.79 Å². The molecule has 2 N–H and O–H groups in total. The van der Waals surface area contributed by atoms with Crippen LogP contribution in [0.3, 0.4) is 0 Å². The van der Waals surface area contributed by atoms with Crippen molar-refractivity contribution in [1.82, 2.24) is 14.5 Å². The molecular formula is C17H22N4O. The smallest absolute Gasteiger partial charge is 0.250 e. The van der Waals surface area contributed by atoms with Crippen molar-refractivity contribution < 1.29 is 4.79 Å². The van der Waals surface area contributed by atoms with Crippen LogP contribution in [0.1, 0.15) is 31.4 Å². The molecule has 0 aliphatic carbocycles. The highest BCUT2D eigenvalue weighted by molar-refractivity contribution is 5.84. The fourth-order valence-electron chi connectivity index (χ4n) is 2.97. The molecule has 2 aromatic rings. The van der Waals surface area contributed by atoms with Crippen molar-refractivity contribution in [3.05, 3.63) is 48.4 Å². The number of benzene rings is 1. The van der Waals surface area contributed by atoms with Crippen LogP contribution in [0.4, 0.5) is 5.82 Å². The topological polar surface area (TPSA) is 64.2 Å². The molecule has 1 atom stereocenters. The van der Waals surface area contributed by atoms with Gasteiger partial charge in [0.25, 0.3) is 0 Å². The molecule has 0 radical (unpaired) electrons. The number of amides is 1. The molecule has 1 aromatic carbocycles. The number of rotatable bonds is 3. The number of imidazole rings is 1. The van der Waals surface area contributed by atoms with Gasteiger partial charge in [-0.2, -0.15) is 0 Å². The van der Waals surface area contributed by atoms with Gasteiger partial charge in [0.2, 0.25) is 5.91 Å². The van der Waals surface area contributed by atoms with Gasteiger partial charge in [0, 0.05) is 19.3 Å². The van der Waals surface area contributed by atoms with E-state index in [1.807, 2.05) is 39.8 Å². The SMILES string of the molecule is CC1CCN(C(=O)C(c2ccccc2)n2cnc(N)c2)CC1. The molecule has 1 aliphatic rings. The van der Waals surface area contributed by atoms with Crippen molar-refractivity contribution in [1.29, 1.82) is 0 Å². The summed E-state index contributed by atoms with van der Waals surface area (Å²) in [4.78, 5) is 19.1. The Hall–Kier alpha value is -2.30. The van der Waals surface area contributed by atoms with Gasteiger partial charge >= 0.3 is 0 Å². The molecule has 3 rings (SSSR count). The van der Waals surface area contributed by atoms with Gasteiger partial charge in [-0.05, 0) is 24.3 Å². The van der Waals surface area contributed by atoms with E-state index in [2.05, 4.69) is 11.9 Å². The van der Waals surface area contributed by atoms with Crippen LogP contribution in [0.15, 0.2) is 42.9 Å². The quantitative estimate of drug-likeness (QED) is 0.945. The minimum atomic E-state index is -0.389. The number of nitrogens with zero attached hydrogens (tertiary/aromatic N) is 3. The van der Waals surface area contributed by atoms with E-state index in [0.29, 0.717) is 11.7 Å². The first kappa shape index (κ1) is 14.6. The summed E-state index contributed by atoms with van der Waals surface area (Å²) in [5.41, 5.74) is 6.70. The van der Waals surface area contributed by atoms with E-state index in [1.165, 1.54) is 0 Å². The molecule has 22 heavy (non-hydrogen) atoms. The van der Waals surface area contributed by atoms with Gasteiger partial charge in [-0.1, -0.05) is 37.3 Å². The molecule has 2 heterocycles. The Labute approximate surface area is 130 Å². The van der Waals surface area contributed by atoms with Crippen molar-refractivity contribution in [3.63, 3.8) is 0 Å². The van der Waals surface area contributed by atoms with Crippen molar-refractivity contribution in [3.8, 4) is 0 Å². The maximum Gasteiger partial charge on any atom is 0.250 e. The molecule has 1 aliphatic heterocycles. The average Bonchev–Trinajstić information content (AvgIpc) is 2.95. The summed E-state index contributed by atoms with van der Waals surface area (Å²) in [5, 5.41) is 0. The van der Waals surface area contributed by atoms with Gasteiger partial charge in [0.1, 0.15) is 11.9 Å². The molecule has 0 spiro atoms. The summed E-state index contributed by atoms with van der Waals surface area (Å²) < 4.78 is 1.81. The van der Waals surface area contributed by atoms with Crippen molar-refractivity contribution in [2.75, 3.05) is 18.8 Å². The molecule has 5 heteroatoms. The van der Waals surface area contributed by atoms with Crippen molar-refractivity contribution in [2.24, 2.45) is 5.92 Å². The number of nitrogen functional groups attached to an aromatic ring is 1. The van der Waals surface area contributed by atoms with Gasteiger partial charge in [0.05, 0.1) is 6.33 Å². The summed E-state index contributed by atoms with van der Waals surface area (Å²) in [6, 6.07) is 9.42. The van der Waals surface area contributed by atoms with Gasteiger partial charge in [-0.15, -0.1) is 0 Å². The molecule has 1 unspecified atom stereocenters. The zero-order chi connectivity index (χ0) is 15.5. The van der Waals surface area contributed by atoms with E-state index >= 15 is 0 Å². The normalized spacial score (nSPS) is 17.4. The summed E-state index contributed by atoms with van der Waals surface area (Å²) in [6.45, 7) is 3.90. The lowest BCUT2D eigenvalue weighted by atomic mass is 9.97. The first-order chi connectivity index (χ1) is 10.6. The molecule has 0 saturated carbocycles. The molecule has 1 amide bonds. The number of carbonyl (C=O) groups is 1. The lowest BCUT2D eigenvalue weighted by molar-refractivity contribution is -0.134. The summed E-state index contributed by atoms with van der Waals surface area (Å²) in [6.07, 6.45) is 5.50. The van der Waals surface area contributed by atoms with E-state index < -0.39 is 0 Å². The molecule has 1 saturated heterocycles. The number of nitrogens with two attached hydrogens (primary N) is 1. The van der Waals surface area contributed by atoms with Crippen LogP contribution in [-0.4, -0.2) is 33.4 Å². The van der Waals surface area contributed by atoms with Crippen LogP contribution < -0.4 is 5.73 Å². The summed E-state index contributed by atoms with van der Waals surface area (Å²) >= 11 is 0.